The van der Waals surface area contributed by atoms with Gasteiger partial charge in [0.1, 0.15) is 0 Å². The molecule has 0 aromatic heterocycles. The Labute approximate surface area is 61.5 Å². The summed E-state index contributed by atoms with van der Waals surface area (Å²) in [5.41, 5.74) is 0. The van der Waals surface area contributed by atoms with E-state index in [1.54, 1.807) is 0 Å². The fourth-order valence-corrected chi connectivity index (χ4v) is 0. The molecule has 0 aromatic carbocycles. The summed E-state index contributed by atoms with van der Waals surface area (Å²) >= 11 is -3.06. The molecule has 8 N–H and O–H groups in total. The van der Waals surface area contributed by atoms with Crippen LogP contribution >= 0.6 is 37.7 Å². The van der Waals surface area contributed by atoms with Crippen LogP contribution in [0.1, 0.15) is 0 Å². The summed E-state index contributed by atoms with van der Waals surface area (Å²) in [5, 5.41) is 0. The first-order valence-electron chi connectivity index (χ1n) is 0.478. The van der Waals surface area contributed by atoms with E-state index >= 15 is 0 Å². The summed E-state index contributed by atoms with van der Waals surface area (Å²) in [6, 6.07) is 0. The number of halogens is 4. The molecule has 0 aliphatic heterocycles. The van der Waals surface area contributed by atoms with Crippen LogP contribution in [-0.2, 0) is 11.9 Å². The molecule has 0 heterocycles. The minimum absolute atomic E-state index is 0. The quantitative estimate of drug-likeness (QED) is 0.653. The molecule has 0 amide bonds. The molecule has 0 unspecified atom stereocenters. The van der Waals surface area contributed by atoms with Gasteiger partial charge < -0.3 is 12.3 Å². The molecular weight excluding hydrogens is 365 g/mol. The number of hydrogen-bond acceptors (Lipinski definition) is 0. The van der Waals surface area contributed by atoms with Gasteiger partial charge in [-0.1, -0.05) is 0 Å². The third-order valence-corrected chi connectivity index (χ3v) is 0. The van der Waals surface area contributed by atoms with Crippen LogP contribution in [0.3, 0.4) is 0 Å². The maximum absolute atomic E-state index is 5.01. The fourth-order valence-electron chi connectivity index (χ4n) is 0. The van der Waals surface area contributed by atoms with Crippen molar-refractivity contribution in [3.05, 3.63) is 0 Å². The van der Waals surface area contributed by atoms with Gasteiger partial charge in [0.2, 0.25) is 0 Å². The van der Waals surface area contributed by atoms with Crippen molar-refractivity contribution in [2.75, 3.05) is 0 Å². The van der Waals surface area contributed by atoms with E-state index in [0.29, 0.717) is 0 Å². The summed E-state index contributed by atoms with van der Waals surface area (Å²) in [4.78, 5) is 0. The summed E-state index contributed by atoms with van der Waals surface area (Å²) < 4.78 is 0. The second kappa shape index (κ2) is 5.90. The van der Waals surface area contributed by atoms with Crippen molar-refractivity contribution >= 4 is 37.7 Å². The normalized spacial score (nSPS) is 10.9. The Morgan fingerprint density at radius 1 is 0.714 bits per heavy atom. The third kappa shape index (κ3) is 82.7. The predicted molar refractivity (Wildman–Crippen MR) is 35.4 cm³/mol. The Morgan fingerprint density at radius 3 is 0.714 bits per heavy atom. The Balaban J connectivity index is -0.0000000800. The second-order valence-corrected chi connectivity index (χ2v) is 20.0. The van der Waals surface area contributed by atoms with Crippen LogP contribution in [0.4, 0.5) is 0 Å². The third-order valence-electron chi connectivity index (χ3n) is 0. The summed E-state index contributed by atoms with van der Waals surface area (Å²) in [7, 11) is 20.0. The topological polar surface area (TPSA) is 73.0 Å². The number of rotatable bonds is 0. The van der Waals surface area contributed by atoms with Crippen molar-refractivity contribution in [1.29, 1.82) is 0 Å². The van der Waals surface area contributed by atoms with E-state index in [-0.39, 0.29) is 12.3 Å². The van der Waals surface area contributed by atoms with E-state index < -0.39 is 11.9 Å². The molecule has 7 heavy (non-hydrogen) atoms. The molecule has 0 aromatic rings. The van der Waals surface area contributed by atoms with Gasteiger partial charge in [-0.2, -0.15) is 0 Å². The van der Waals surface area contributed by atoms with Crippen LogP contribution < -0.4 is 12.3 Å². The van der Waals surface area contributed by atoms with Crippen molar-refractivity contribution in [2.45, 2.75) is 0 Å². The van der Waals surface area contributed by atoms with Crippen LogP contribution in [0.2, 0.25) is 0 Å². The molecule has 0 saturated heterocycles. The first-order valence-corrected chi connectivity index (χ1v) is 11.7. The zero-order valence-corrected chi connectivity index (χ0v) is 9.12. The van der Waals surface area contributed by atoms with Crippen LogP contribution in [0.25, 0.3) is 0 Å². The number of quaternary nitrogens is 2. The van der Waals surface area contributed by atoms with Crippen LogP contribution in [0.15, 0.2) is 0 Å². The Bertz CT molecular complexity index is 25.2. The first-order chi connectivity index (χ1) is 2.00. The van der Waals surface area contributed by atoms with Gasteiger partial charge in [-0.25, -0.2) is 0 Å². The van der Waals surface area contributed by atoms with E-state index in [2.05, 4.69) is 0 Å². The molecule has 0 aliphatic carbocycles. The van der Waals surface area contributed by atoms with Crippen LogP contribution in [-0.4, -0.2) is 0 Å². The largest absolute Gasteiger partial charge is 0.369 e. The Hall–Kier alpha value is 1.77. The first kappa shape index (κ1) is 15.9. The minimum atomic E-state index is -3.06. The van der Waals surface area contributed by atoms with Crippen molar-refractivity contribution < 1.29 is 11.9 Å². The van der Waals surface area contributed by atoms with E-state index in [0.717, 1.165) is 0 Å². The van der Waals surface area contributed by atoms with Crippen LogP contribution in [0.5, 0.6) is 0 Å². The monoisotopic (exact) mass is 371 g/mol. The van der Waals surface area contributed by atoms with Crippen molar-refractivity contribution in [3.8, 4) is 0 Å². The van der Waals surface area contributed by atoms with Gasteiger partial charge in [-0.15, -0.1) is 0 Å². The van der Waals surface area contributed by atoms with E-state index in [1.807, 2.05) is 0 Å². The van der Waals surface area contributed by atoms with Crippen molar-refractivity contribution in [3.63, 3.8) is 0 Å². The Morgan fingerprint density at radius 2 is 0.714 bits per heavy atom. The van der Waals surface area contributed by atoms with Gasteiger partial charge in [0.25, 0.3) is 0 Å². The maximum Gasteiger partial charge on any atom is -0.369 e. The van der Waals surface area contributed by atoms with E-state index in [9.17, 15) is 0 Å². The fraction of sp³-hybridized carbons (Fsp3) is 0. The molecule has 54 valence electrons. The zero-order chi connectivity index (χ0) is 4.50. The van der Waals surface area contributed by atoms with Crippen LogP contribution in [0, 0.1) is 0 Å². The molecule has 0 radical (unpaired) electrons. The summed E-state index contributed by atoms with van der Waals surface area (Å²) in [6.45, 7) is 0. The molecule has 0 saturated carbocycles. The molecule has 7 heteroatoms. The maximum atomic E-state index is 5.01. The van der Waals surface area contributed by atoms with Crippen molar-refractivity contribution in [2.24, 2.45) is 0 Å². The molecule has 0 atom stereocenters. The smallest absolute Gasteiger partial charge is 0.369 e. The molecular formula is H8Cl4N2Pt+2. The summed E-state index contributed by atoms with van der Waals surface area (Å²) in [6.07, 6.45) is 0. The molecule has 0 aliphatic rings. The number of hydrogen-bond donors (Lipinski definition) is 2. The molecule has 2 nitrogen and oxygen atoms in total. The van der Waals surface area contributed by atoms with Crippen molar-refractivity contribution in [1.82, 2.24) is 12.3 Å². The minimum Gasteiger partial charge on any atom is -0.369 e. The average molecular weight is 373 g/mol. The Kier molecular flexibility index (Phi) is 13.4. The summed E-state index contributed by atoms with van der Waals surface area (Å²) in [5.74, 6) is 0. The van der Waals surface area contributed by atoms with Gasteiger partial charge in [-0.05, 0) is 0 Å². The van der Waals surface area contributed by atoms with Gasteiger partial charge in [0, 0.05) is 0 Å². The zero-order valence-electron chi connectivity index (χ0n) is 3.83. The standard InChI is InChI=1S/4ClH.2H3N.Pt/h4*1H;2*1H3;/q;;;;;;+4/p-2. The van der Waals surface area contributed by atoms with Gasteiger partial charge in [-0.3, -0.25) is 0 Å². The van der Waals surface area contributed by atoms with Gasteiger partial charge >= 0.3 is 49.6 Å². The van der Waals surface area contributed by atoms with Gasteiger partial charge in [0.15, 0.2) is 0 Å². The molecule has 0 fully saturated rings. The molecule has 0 bridgehead atoms. The second-order valence-electron chi connectivity index (χ2n) is 0.271. The predicted octanol–water partition coefficient (Wildman–Crippen LogP) is 3.51. The molecule has 0 spiro atoms. The average Bonchev–Trinajstić information content (AvgIpc) is 0.722. The van der Waals surface area contributed by atoms with Gasteiger partial charge in [0.05, 0.1) is 0 Å². The van der Waals surface area contributed by atoms with E-state index in [4.69, 9.17) is 37.7 Å². The SMILES string of the molecule is [Cl][Pt]([Cl])([Cl])[Cl].[NH4+].[NH4+]. The molecule has 0 rings (SSSR count). The van der Waals surface area contributed by atoms with E-state index in [1.165, 1.54) is 0 Å².